The molecule has 0 spiro atoms. The molecule has 0 bridgehead atoms. The van der Waals surface area contributed by atoms with E-state index in [2.05, 4.69) is 0 Å². The Morgan fingerprint density at radius 2 is 2.12 bits per heavy atom. The number of aliphatic hydroxyl groups excluding tert-OH is 1. The summed E-state index contributed by atoms with van der Waals surface area (Å²) in [5.74, 6) is 1.07. The minimum atomic E-state index is -0.0511. The maximum Gasteiger partial charge on any atom is 0.169 e. The van der Waals surface area contributed by atoms with Gasteiger partial charge in [-0.2, -0.15) is 0 Å². The molecule has 0 aromatic heterocycles. The van der Waals surface area contributed by atoms with E-state index in [0.29, 0.717) is 17.9 Å². The highest BCUT2D eigenvalue weighted by Crippen LogP contribution is 2.28. The predicted molar refractivity (Wildman–Crippen MR) is 59.7 cm³/mol. The molecule has 1 aromatic rings. The van der Waals surface area contributed by atoms with Crippen LogP contribution in [0, 0.1) is 0 Å². The van der Waals surface area contributed by atoms with Crippen LogP contribution in [0.4, 0.5) is 0 Å². The van der Waals surface area contributed by atoms with Crippen LogP contribution in [0.25, 0.3) is 0 Å². The van der Waals surface area contributed by atoms with Gasteiger partial charge in [-0.1, -0.05) is 13.0 Å². The van der Waals surface area contributed by atoms with E-state index in [4.69, 9.17) is 14.6 Å². The fraction of sp³-hybridized carbons (Fsp3) is 0.417. The number of ketones is 1. The molecule has 1 rings (SSSR count). The lowest BCUT2D eigenvalue weighted by molar-refractivity contribution is -0.120. The molecule has 0 amide bonds. The van der Waals surface area contributed by atoms with Crippen LogP contribution >= 0.6 is 0 Å². The molecule has 1 aromatic carbocycles. The molecule has 88 valence electrons. The quantitative estimate of drug-likeness (QED) is 0.796. The van der Waals surface area contributed by atoms with Crippen LogP contribution in [0.3, 0.4) is 0 Å². The summed E-state index contributed by atoms with van der Waals surface area (Å²) in [5, 5.41) is 8.95. The third-order valence-electron chi connectivity index (χ3n) is 2.19. The van der Waals surface area contributed by atoms with Crippen molar-refractivity contribution in [2.24, 2.45) is 0 Å². The number of rotatable bonds is 6. The minimum absolute atomic E-state index is 0.0355. The van der Waals surface area contributed by atoms with Gasteiger partial charge in [-0.3, -0.25) is 4.79 Å². The van der Waals surface area contributed by atoms with Gasteiger partial charge in [0.2, 0.25) is 0 Å². The molecule has 0 aliphatic rings. The normalized spacial score (nSPS) is 9.94. The van der Waals surface area contributed by atoms with Crippen LogP contribution in [0.2, 0.25) is 0 Å². The molecule has 16 heavy (non-hydrogen) atoms. The fourth-order valence-corrected chi connectivity index (χ4v) is 1.19. The summed E-state index contributed by atoms with van der Waals surface area (Å²) in [6, 6.07) is 5.10. The number of hydrogen-bond acceptors (Lipinski definition) is 4. The molecule has 0 saturated heterocycles. The van der Waals surface area contributed by atoms with Gasteiger partial charge in [0.25, 0.3) is 0 Å². The van der Waals surface area contributed by atoms with Gasteiger partial charge in [-0.05, 0) is 17.7 Å². The molecule has 0 heterocycles. The lowest BCUT2D eigenvalue weighted by Crippen LogP contribution is -2.10. The van der Waals surface area contributed by atoms with Gasteiger partial charge in [-0.25, -0.2) is 0 Å². The van der Waals surface area contributed by atoms with Gasteiger partial charge >= 0.3 is 0 Å². The molecule has 0 fully saturated rings. The molecule has 4 heteroatoms. The summed E-state index contributed by atoms with van der Waals surface area (Å²) in [4.78, 5) is 11.1. The molecular formula is C12H16O4. The van der Waals surface area contributed by atoms with E-state index in [0.717, 1.165) is 5.56 Å². The first-order valence-electron chi connectivity index (χ1n) is 5.13. The standard InChI is InChI=1S/C12H16O4/c1-3-10(14)8-16-11-5-4-9(7-13)6-12(11)15-2/h4-6,13H,3,7-8H2,1-2H3. The first-order valence-corrected chi connectivity index (χ1v) is 5.13. The van der Waals surface area contributed by atoms with Crippen molar-refractivity contribution in [3.05, 3.63) is 23.8 Å². The Morgan fingerprint density at radius 3 is 2.69 bits per heavy atom. The first-order chi connectivity index (χ1) is 7.71. The number of carbonyl (C=O) groups is 1. The molecule has 0 atom stereocenters. The molecular weight excluding hydrogens is 208 g/mol. The van der Waals surface area contributed by atoms with Crippen LogP contribution in [0.15, 0.2) is 18.2 Å². The van der Waals surface area contributed by atoms with E-state index < -0.39 is 0 Å². The maximum absolute atomic E-state index is 11.1. The second-order valence-corrected chi connectivity index (χ2v) is 3.32. The van der Waals surface area contributed by atoms with Gasteiger partial charge in [0.1, 0.15) is 6.61 Å². The van der Waals surface area contributed by atoms with Crippen molar-refractivity contribution in [3.63, 3.8) is 0 Å². The minimum Gasteiger partial charge on any atom is -0.493 e. The van der Waals surface area contributed by atoms with E-state index in [1.54, 1.807) is 25.1 Å². The molecule has 4 nitrogen and oxygen atoms in total. The largest absolute Gasteiger partial charge is 0.493 e. The number of methoxy groups -OCH3 is 1. The monoisotopic (exact) mass is 224 g/mol. The molecule has 0 radical (unpaired) electrons. The SMILES string of the molecule is CCC(=O)COc1ccc(CO)cc1OC. The summed E-state index contributed by atoms with van der Waals surface area (Å²) in [6.45, 7) is 1.79. The Labute approximate surface area is 94.8 Å². The maximum atomic E-state index is 11.1. The highest BCUT2D eigenvalue weighted by molar-refractivity contribution is 5.79. The van der Waals surface area contributed by atoms with Crippen molar-refractivity contribution in [3.8, 4) is 11.5 Å². The van der Waals surface area contributed by atoms with Crippen LogP contribution in [-0.2, 0) is 11.4 Å². The lowest BCUT2D eigenvalue weighted by Gasteiger charge is -2.10. The molecule has 0 unspecified atom stereocenters. The van der Waals surface area contributed by atoms with Crippen LogP contribution < -0.4 is 9.47 Å². The number of hydrogen-bond donors (Lipinski definition) is 1. The summed E-state index contributed by atoms with van der Waals surface area (Å²) in [7, 11) is 1.52. The average Bonchev–Trinajstić information content (AvgIpc) is 2.35. The third kappa shape index (κ3) is 3.24. The zero-order chi connectivity index (χ0) is 12.0. The van der Waals surface area contributed by atoms with Crippen molar-refractivity contribution in [2.45, 2.75) is 20.0 Å². The van der Waals surface area contributed by atoms with Gasteiger partial charge in [0.15, 0.2) is 17.3 Å². The summed E-state index contributed by atoms with van der Waals surface area (Å²) >= 11 is 0. The van der Waals surface area contributed by atoms with Gasteiger partial charge in [0, 0.05) is 6.42 Å². The van der Waals surface area contributed by atoms with Crippen molar-refractivity contribution < 1.29 is 19.4 Å². The van der Waals surface area contributed by atoms with Crippen LogP contribution in [-0.4, -0.2) is 24.6 Å². The second-order valence-electron chi connectivity index (χ2n) is 3.32. The Bertz CT molecular complexity index is 360. The third-order valence-corrected chi connectivity index (χ3v) is 2.19. The average molecular weight is 224 g/mol. The van der Waals surface area contributed by atoms with E-state index in [9.17, 15) is 4.79 Å². The van der Waals surface area contributed by atoms with E-state index in [1.165, 1.54) is 7.11 Å². The second kappa shape index (κ2) is 6.12. The van der Waals surface area contributed by atoms with E-state index in [1.807, 2.05) is 0 Å². The number of carbonyl (C=O) groups excluding carboxylic acids is 1. The fourth-order valence-electron chi connectivity index (χ4n) is 1.19. The zero-order valence-corrected chi connectivity index (χ0v) is 9.53. The molecule has 0 saturated carbocycles. The molecule has 0 aliphatic carbocycles. The van der Waals surface area contributed by atoms with E-state index >= 15 is 0 Å². The summed E-state index contributed by atoms with van der Waals surface area (Å²) in [5.41, 5.74) is 0.742. The first kappa shape index (κ1) is 12.5. The summed E-state index contributed by atoms with van der Waals surface area (Å²) < 4.78 is 10.4. The molecule has 1 N–H and O–H groups in total. The van der Waals surface area contributed by atoms with Gasteiger partial charge < -0.3 is 14.6 Å². The highest BCUT2D eigenvalue weighted by Gasteiger charge is 2.07. The van der Waals surface area contributed by atoms with Crippen LogP contribution in [0.5, 0.6) is 11.5 Å². The predicted octanol–water partition coefficient (Wildman–Crippen LogP) is 1.55. The van der Waals surface area contributed by atoms with Crippen LogP contribution in [0.1, 0.15) is 18.9 Å². The van der Waals surface area contributed by atoms with Gasteiger partial charge in [-0.15, -0.1) is 0 Å². The number of ether oxygens (including phenoxy) is 2. The number of Topliss-reactive ketones (excluding diaryl/α,β-unsaturated/α-hetero) is 1. The topological polar surface area (TPSA) is 55.8 Å². The Balaban J connectivity index is 2.75. The van der Waals surface area contributed by atoms with Gasteiger partial charge in [0.05, 0.1) is 13.7 Å². The number of aliphatic hydroxyl groups is 1. The Morgan fingerprint density at radius 1 is 1.38 bits per heavy atom. The van der Waals surface area contributed by atoms with E-state index in [-0.39, 0.29) is 19.0 Å². The summed E-state index contributed by atoms with van der Waals surface area (Å²) in [6.07, 6.45) is 0.455. The smallest absolute Gasteiger partial charge is 0.169 e. The van der Waals surface area contributed by atoms with Crippen molar-refractivity contribution in [1.82, 2.24) is 0 Å². The molecule has 0 aliphatic heterocycles. The Hall–Kier alpha value is -1.55. The highest BCUT2D eigenvalue weighted by atomic mass is 16.5. The van der Waals surface area contributed by atoms with Crippen molar-refractivity contribution in [2.75, 3.05) is 13.7 Å². The lowest BCUT2D eigenvalue weighted by atomic mass is 10.2. The zero-order valence-electron chi connectivity index (χ0n) is 9.53. The Kier molecular flexibility index (Phi) is 4.79. The number of benzene rings is 1. The van der Waals surface area contributed by atoms with Crippen molar-refractivity contribution in [1.29, 1.82) is 0 Å². The van der Waals surface area contributed by atoms with Crippen molar-refractivity contribution >= 4 is 5.78 Å².